The Kier molecular flexibility index (Phi) is 5.45. The number of methoxy groups -OCH3 is 1. The highest BCUT2D eigenvalue weighted by molar-refractivity contribution is 5.33. The zero-order valence-corrected chi connectivity index (χ0v) is 11.2. The summed E-state index contributed by atoms with van der Waals surface area (Å²) in [6, 6.07) is 8.41. The highest BCUT2D eigenvalue weighted by Gasteiger charge is 2.14. The van der Waals surface area contributed by atoms with E-state index in [2.05, 4.69) is 24.8 Å². The van der Waals surface area contributed by atoms with Gasteiger partial charge in [0.2, 0.25) is 0 Å². The smallest absolute Gasteiger partial charge is 0.123 e. The topological polar surface area (TPSA) is 32.7 Å². The maximum absolute atomic E-state index is 9.50. The predicted octanol–water partition coefficient (Wildman–Crippen LogP) is 2.29. The van der Waals surface area contributed by atoms with Crippen LogP contribution in [-0.2, 0) is 6.54 Å². The molecule has 1 aromatic carbocycles. The molecule has 0 aliphatic rings. The van der Waals surface area contributed by atoms with Gasteiger partial charge in [-0.1, -0.05) is 18.2 Å². The summed E-state index contributed by atoms with van der Waals surface area (Å²) < 4.78 is 5.34. The van der Waals surface area contributed by atoms with Crippen molar-refractivity contribution in [3.8, 4) is 5.75 Å². The van der Waals surface area contributed by atoms with Gasteiger partial charge in [-0.15, -0.1) is 0 Å². The van der Waals surface area contributed by atoms with E-state index in [0.717, 1.165) is 17.9 Å². The Bertz CT molecular complexity index is 337. The summed E-state index contributed by atoms with van der Waals surface area (Å²) in [7, 11) is 1.69. The van der Waals surface area contributed by atoms with Crippen molar-refractivity contribution in [2.24, 2.45) is 0 Å². The lowest BCUT2D eigenvalue weighted by Crippen LogP contribution is -2.36. The van der Waals surface area contributed by atoms with E-state index in [9.17, 15) is 5.11 Å². The first kappa shape index (κ1) is 14.0. The zero-order chi connectivity index (χ0) is 12.8. The third-order valence-corrected chi connectivity index (χ3v) is 2.79. The first-order valence-electron chi connectivity index (χ1n) is 6.08. The molecular weight excluding hydrogens is 214 g/mol. The Morgan fingerprint density at radius 2 is 1.88 bits per heavy atom. The van der Waals surface area contributed by atoms with Gasteiger partial charge in [-0.05, 0) is 26.8 Å². The Labute approximate surface area is 104 Å². The first-order chi connectivity index (χ1) is 8.04. The molecule has 0 spiro atoms. The van der Waals surface area contributed by atoms with Crippen LogP contribution in [0.4, 0.5) is 0 Å². The van der Waals surface area contributed by atoms with Gasteiger partial charge >= 0.3 is 0 Å². The number of hydrogen-bond acceptors (Lipinski definition) is 3. The van der Waals surface area contributed by atoms with E-state index >= 15 is 0 Å². The van der Waals surface area contributed by atoms with Gasteiger partial charge in [-0.25, -0.2) is 0 Å². The molecule has 1 aromatic rings. The molecule has 96 valence electrons. The zero-order valence-electron chi connectivity index (χ0n) is 11.2. The number of para-hydroxylation sites is 1. The summed E-state index contributed by atoms with van der Waals surface area (Å²) in [6.45, 7) is 7.56. The number of aliphatic hydroxyl groups is 1. The van der Waals surface area contributed by atoms with Gasteiger partial charge < -0.3 is 9.84 Å². The third kappa shape index (κ3) is 4.36. The van der Waals surface area contributed by atoms with Crippen LogP contribution in [-0.4, -0.2) is 35.8 Å². The van der Waals surface area contributed by atoms with Crippen LogP contribution in [0.25, 0.3) is 0 Å². The Morgan fingerprint density at radius 3 is 2.41 bits per heavy atom. The molecule has 1 N–H and O–H groups in total. The molecule has 1 atom stereocenters. The Morgan fingerprint density at radius 1 is 1.24 bits per heavy atom. The van der Waals surface area contributed by atoms with Gasteiger partial charge in [0.25, 0.3) is 0 Å². The first-order valence-corrected chi connectivity index (χ1v) is 6.08. The van der Waals surface area contributed by atoms with Gasteiger partial charge in [-0.2, -0.15) is 0 Å². The van der Waals surface area contributed by atoms with Crippen molar-refractivity contribution >= 4 is 0 Å². The summed E-state index contributed by atoms with van der Waals surface area (Å²) >= 11 is 0. The van der Waals surface area contributed by atoms with Gasteiger partial charge in [0.05, 0.1) is 13.2 Å². The number of nitrogens with zero attached hydrogens (tertiary/aromatic N) is 1. The van der Waals surface area contributed by atoms with Crippen molar-refractivity contribution in [3.05, 3.63) is 29.8 Å². The van der Waals surface area contributed by atoms with E-state index in [1.807, 2.05) is 25.1 Å². The SMILES string of the molecule is COc1ccccc1CN(CC(C)O)C(C)C. The molecule has 0 saturated carbocycles. The van der Waals surface area contributed by atoms with Crippen molar-refractivity contribution in [2.75, 3.05) is 13.7 Å². The molecule has 0 aliphatic heterocycles. The van der Waals surface area contributed by atoms with Crippen molar-refractivity contribution in [2.45, 2.75) is 39.5 Å². The van der Waals surface area contributed by atoms with Crippen LogP contribution < -0.4 is 4.74 Å². The molecule has 17 heavy (non-hydrogen) atoms. The largest absolute Gasteiger partial charge is 0.496 e. The molecule has 1 unspecified atom stereocenters. The van der Waals surface area contributed by atoms with Gasteiger partial charge in [0.15, 0.2) is 0 Å². The van der Waals surface area contributed by atoms with Gasteiger partial charge in [0, 0.05) is 24.7 Å². The fourth-order valence-electron chi connectivity index (χ4n) is 1.85. The Hall–Kier alpha value is -1.06. The van der Waals surface area contributed by atoms with Crippen molar-refractivity contribution < 1.29 is 9.84 Å². The van der Waals surface area contributed by atoms with E-state index in [4.69, 9.17) is 4.74 Å². The lowest BCUT2D eigenvalue weighted by Gasteiger charge is -2.28. The van der Waals surface area contributed by atoms with Crippen molar-refractivity contribution in [3.63, 3.8) is 0 Å². The highest BCUT2D eigenvalue weighted by Crippen LogP contribution is 2.20. The predicted molar refractivity (Wildman–Crippen MR) is 70.2 cm³/mol. The third-order valence-electron chi connectivity index (χ3n) is 2.79. The van der Waals surface area contributed by atoms with Crippen LogP contribution in [0, 0.1) is 0 Å². The minimum Gasteiger partial charge on any atom is -0.496 e. The van der Waals surface area contributed by atoms with E-state index < -0.39 is 0 Å². The lowest BCUT2D eigenvalue weighted by molar-refractivity contribution is 0.102. The van der Waals surface area contributed by atoms with Crippen LogP contribution in [0.3, 0.4) is 0 Å². The van der Waals surface area contributed by atoms with Gasteiger partial charge in [0.1, 0.15) is 5.75 Å². The lowest BCUT2D eigenvalue weighted by atomic mass is 10.1. The molecule has 0 radical (unpaired) electrons. The number of hydrogen-bond donors (Lipinski definition) is 1. The molecule has 0 fully saturated rings. The minimum absolute atomic E-state index is 0.313. The summed E-state index contributed by atoms with van der Waals surface area (Å²) in [4.78, 5) is 2.24. The van der Waals surface area contributed by atoms with Crippen LogP contribution in [0.15, 0.2) is 24.3 Å². The monoisotopic (exact) mass is 237 g/mol. The summed E-state index contributed by atoms with van der Waals surface area (Å²) in [5, 5.41) is 9.50. The van der Waals surface area contributed by atoms with Crippen LogP contribution in [0.5, 0.6) is 5.75 Å². The molecule has 3 nitrogen and oxygen atoms in total. The van der Waals surface area contributed by atoms with E-state index in [1.54, 1.807) is 7.11 Å². The fraction of sp³-hybridized carbons (Fsp3) is 0.571. The van der Waals surface area contributed by atoms with Crippen LogP contribution in [0.2, 0.25) is 0 Å². The van der Waals surface area contributed by atoms with E-state index in [-0.39, 0.29) is 6.10 Å². The van der Waals surface area contributed by atoms with E-state index in [0.29, 0.717) is 12.6 Å². The average molecular weight is 237 g/mol. The van der Waals surface area contributed by atoms with Crippen molar-refractivity contribution in [1.29, 1.82) is 0 Å². The normalized spacial score (nSPS) is 13.1. The van der Waals surface area contributed by atoms with Crippen LogP contribution >= 0.6 is 0 Å². The fourth-order valence-corrected chi connectivity index (χ4v) is 1.85. The second-order valence-corrected chi connectivity index (χ2v) is 4.68. The molecular formula is C14H23NO2. The Balaban J connectivity index is 2.78. The maximum atomic E-state index is 9.50. The second kappa shape index (κ2) is 6.62. The molecule has 0 saturated heterocycles. The molecule has 1 rings (SSSR count). The number of rotatable bonds is 6. The second-order valence-electron chi connectivity index (χ2n) is 4.68. The number of benzene rings is 1. The summed E-state index contributed by atoms with van der Waals surface area (Å²) in [6.07, 6.45) is -0.313. The molecule has 0 heterocycles. The molecule has 0 amide bonds. The molecule has 0 bridgehead atoms. The number of aliphatic hydroxyl groups excluding tert-OH is 1. The summed E-state index contributed by atoms with van der Waals surface area (Å²) in [5.74, 6) is 0.906. The molecule has 0 aromatic heterocycles. The molecule has 0 aliphatic carbocycles. The standard InChI is InChI=1S/C14H23NO2/c1-11(2)15(9-12(3)16)10-13-7-5-6-8-14(13)17-4/h5-8,11-12,16H,9-10H2,1-4H3. The highest BCUT2D eigenvalue weighted by atomic mass is 16.5. The van der Waals surface area contributed by atoms with Gasteiger partial charge in [-0.3, -0.25) is 4.90 Å². The average Bonchev–Trinajstić information content (AvgIpc) is 2.28. The minimum atomic E-state index is -0.313. The van der Waals surface area contributed by atoms with E-state index in [1.165, 1.54) is 0 Å². The maximum Gasteiger partial charge on any atom is 0.123 e. The van der Waals surface area contributed by atoms with Crippen molar-refractivity contribution in [1.82, 2.24) is 4.90 Å². The summed E-state index contributed by atoms with van der Waals surface area (Å²) in [5.41, 5.74) is 1.16. The number of ether oxygens (including phenoxy) is 1. The molecule has 3 heteroatoms. The van der Waals surface area contributed by atoms with Crippen LogP contribution in [0.1, 0.15) is 26.3 Å². The quantitative estimate of drug-likeness (QED) is 0.824.